The molecule has 5 rings (SSSR count). The maximum atomic E-state index is 13.6. The van der Waals surface area contributed by atoms with Crippen molar-refractivity contribution in [1.29, 1.82) is 0 Å². The Morgan fingerprint density at radius 1 is 1.09 bits per heavy atom. The second-order valence-electron chi connectivity index (χ2n) is 8.37. The second kappa shape index (κ2) is 8.61. The fourth-order valence-electron chi connectivity index (χ4n) is 4.38. The Morgan fingerprint density at radius 3 is 2.55 bits per heavy atom. The normalized spacial score (nSPS) is 15.8. The Hall–Kier alpha value is -3.23. The maximum absolute atomic E-state index is 13.6. The number of nitrogens with two attached hydrogens (primary N) is 1. The van der Waals surface area contributed by atoms with Gasteiger partial charge in [-0.05, 0) is 42.7 Å². The molecule has 0 spiro atoms. The van der Waals surface area contributed by atoms with Crippen molar-refractivity contribution in [3.05, 3.63) is 71.0 Å². The summed E-state index contributed by atoms with van der Waals surface area (Å²) in [6.45, 7) is 1.55. The van der Waals surface area contributed by atoms with E-state index in [0.717, 1.165) is 43.2 Å². The summed E-state index contributed by atoms with van der Waals surface area (Å²) in [5.74, 6) is 1.05. The van der Waals surface area contributed by atoms with E-state index in [1.807, 2.05) is 30.3 Å². The molecule has 1 fully saturated rings. The number of benzene rings is 2. The second-order valence-corrected chi connectivity index (χ2v) is 8.80. The Bertz CT molecular complexity index is 1280. The van der Waals surface area contributed by atoms with Crippen molar-refractivity contribution in [1.82, 2.24) is 19.6 Å². The predicted octanol–water partition coefficient (Wildman–Crippen LogP) is 4.39. The van der Waals surface area contributed by atoms with E-state index in [9.17, 15) is 4.39 Å². The van der Waals surface area contributed by atoms with Crippen LogP contribution in [0, 0.1) is 5.82 Å². The molecule has 1 aliphatic heterocycles. The topological polar surface area (TPSA) is 81.6 Å². The van der Waals surface area contributed by atoms with Crippen LogP contribution in [0.5, 0.6) is 0 Å². The summed E-state index contributed by atoms with van der Waals surface area (Å²) in [6.07, 6.45) is 2.52. The number of piperidine rings is 1. The largest absolute Gasteiger partial charge is 0.378 e. The minimum absolute atomic E-state index is 0.237. The molecule has 7 nitrogen and oxygen atoms in total. The van der Waals surface area contributed by atoms with Crippen LogP contribution in [-0.2, 0) is 11.2 Å². The Morgan fingerprint density at radius 2 is 1.85 bits per heavy atom. The zero-order valence-electron chi connectivity index (χ0n) is 18.2. The van der Waals surface area contributed by atoms with E-state index >= 15 is 0 Å². The number of anilines is 2. The number of halogens is 2. The van der Waals surface area contributed by atoms with Crippen molar-refractivity contribution < 1.29 is 9.13 Å². The van der Waals surface area contributed by atoms with E-state index in [1.54, 1.807) is 19.2 Å². The van der Waals surface area contributed by atoms with E-state index in [1.165, 1.54) is 22.2 Å². The average Bonchev–Trinajstić information content (AvgIpc) is 3.26. The van der Waals surface area contributed by atoms with Gasteiger partial charge in [0.05, 0.1) is 5.60 Å². The number of methoxy groups -OCH3 is 1. The lowest BCUT2D eigenvalue weighted by Crippen LogP contribution is -2.47. The smallest absolute Gasteiger partial charge is 0.225 e. The third-order valence-corrected chi connectivity index (χ3v) is 6.54. The molecule has 0 saturated carbocycles. The lowest BCUT2D eigenvalue weighted by molar-refractivity contribution is -0.0290. The molecular weight excluding hydrogens is 443 g/mol. The predicted molar refractivity (Wildman–Crippen MR) is 127 cm³/mol. The highest BCUT2D eigenvalue weighted by Crippen LogP contribution is 2.32. The minimum atomic E-state index is -0.341. The lowest BCUT2D eigenvalue weighted by Gasteiger charge is -2.41. The maximum Gasteiger partial charge on any atom is 0.225 e. The molecule has 0 aliphatic carbocycles. The third kappa shape index (κ3) is 4.36. The molecule has 0 amide bonds. The molecule has 0 bridgehead atoms. The van der Waals surface area contributed by atoms with Crippen LogP contribution < -0.4 is 10.6 Å². The van der Waals surface area contributed by atoms with Gasteiger partial charge in [0, 0.05) is 43.3 Å². The van der Waals surface area contributed by atoms with E-state index in [2.05, 4.69) is 20.0 Å². The molecule has 1 aliphatic rings. The number of rotatable bonds is 5. The number of hydrogen-bond donors (Lipinski definition) is 1. The van der Waals surface area contributed by atoms with E-state index in [-0.39, 0.29) is 17.4 Å². The summed E-state index contributed by atoms with van der Waals surface area (Å²) in [7, 11) is 1.78. The van der Waals surface area contributed by atoms with Crippen LogP contribution in [0.1, 0.15) is 18.4 Å². The van der Waals surface area contributed by atoms with Gasteiger partial charge in [0.25, 0.3) is 0 Å². The van der Waals surface area contributed by atoms with Gasteiger partial charge < -0.3 is 15.4 Å². The number of nitrogen functional groups attached to an aromatic ring is 1. The van der Waals surface area contributed by atoms with Gasteiger partial charge in [-0.15, -0.1) is 5.10 Å². The zero-order valence-corrected chi connectivity index (χ0v) is 19.0. The molecule has 3 heterocycles. The molecule has 4 aromatic rings. The molecular formula is C24H24ClFN6O. The third-order valence-electron chi connectivity index (χ3n) is 6.29. The van der Waals surface area contributed by atoms with Gasteiger partial charge in [0.15, 0.2) is 11.5 Å². The van der Waals surface area contributed by atoms with E-state index in [4.69, 9.17) is 22.1 Å². The first-order valence-corrected chi connectivity index (χ1v) is 11.2. The number of hydrogen-bond acceptors (Lipinski definition) is 6. The molecule has 2 aromatic carbocycles. The van der Waals surface area contributed by atoms with Gasteiger partial charge in [-0.3, -0.25) is 0 Å². The monoisotopic (exact) mass is 466 g/mol. The van der Waals surface area contributed by atoms with Gasteiger partial charge >= 0.3 is 0 Å². The number of fused-ring (bicyclic) bond motifs is 1. The lowest BCUT2D eigenvalue weighted by atomic mass is 9.85. The average molecular weight is 467 g/mol. The summed E-state index contributed by atoms with van der Waals surface area (Å²) < 4.78 is 21.1. The fraction of sp³-hybridized carbons (Fsp3) is 0.292. The first-order valence-electron chi connectivity index (χ1n) is 10.8. The van der Waals surface area contributed by atoms with E-state index < -0.39 is 0 Å². The Labute approximate surface area is 196 Å². The van der Waals surface area contributed by atoms with Gasteiger partial charge in [0.2, 0.25) is 5.95 Å². The van der Waals surface area contributed by atoms with E-state index in [0.29, 0.717) is 17.0 Å². The van der Waals surface area contributed by atoms with Crippen LogP contribution in [0.2, 0.25) is 5.02 Å². The minimum Gasteiger partial charge on any atom is -0.378 e. The molecule has 0 radical (unpaired) electrons. The molecule has 33 heavy (non-hydrogen) atoms. The fourth-order valence-corrected chi connectivity index (χ4v) is 4.51. The van der Waals surface area contributed by atoms with Crippen LogP contribution in [0.4, 0.5) is 16.2 Å². The molecule has 2 N–H and O–H groups in total. The number of nitrogens with zero attached hydrogens (tertiary/aromatic N) is 5. The molecule has 2 aromatic heterocycles. The highest BCUT2D eigenvalue weighted by Gasteiger charge is 2.35. The van der Waals surface area contributed by atoms with Crippen molar-refractivity contribution >= 4 is 29.0 Å². The van der Waals surface area contributed by atoms with Gasteiger partial charge in [-0.2, -0.15) is 9.50 Å². The summed E-state index contributed by atoms with van der Waals surface area (Å²) in [5, 5.41) is 5.13. The first-order chi connectivity index (χ1) is 15.9. The Balaban J connectivity index is 1.36. The van der Waals surface area contributed by atoms with Crippen LogP contribution in [0.15, 0.2) is 54.6 Å². The van der Waals surface area contributed by atoms with Crippen molar-refractivity contribution in [2.45, 2.75) is 24.9 Å². The van der Waals surface area contributed by atoms with Crippen molar-refractivity contribution in [2.75, 3.05) is 30.8 Å². The molecule has 170 valence electrons. The summed E-state index contributed by atoms with van der Waals surface area (Å²) in [4.78, 5) is 11.3. The molecule has 1 saturated heterocycles. The van der Waals surface area contributed by atoms with Crippen LogP contribution >= 0.6 is 11.6 Å². The molecule has 0 unspecified atom stereocenters. The number of aromatic nitrogens is 4. The summed E-state index contributed by atoms with van der Waals surface area (Å²) >= 11 is 6.02. The standard InChI is InChI=1S/C24H24ClFN6O/c1-33-24(15-16-5-7-18(25)8-6-16)9-11-31(12-10-24)20-14-21-28-22(30-32(21)23(27)29-20)17-3-2-4-19(26)13-17/h2-8,13-14H,9-12,15H2,1H3,(H2,27,29). The highest BCUT2D eigenvalue weighted by molar-refractivity contribution is 6.30. The number of ether oxygens (including phenoxy) is 1. The van der Waals surface area contributed by atoms with Crippen LogP contribution in [0.3, 0.4) is 0 Å². The summed E-state index contributed by atoms with van der Waals surface area (Å²) in [6, 6.07) is 16.0. The highest BCUT2D eigenvalue weighted by atomic mass is 35.5. The zero-order chi connectivity index (χ0) is 23.0. The van der Waals surface area contributed by atoms with Gasteiger partial charge in [-0.1, -0.05) is 35.9 Å². The van der Waals surface area contributed by atoms with Crippen molar-refractivity contribution in [3.63, 3.8) is 0 Å². The quantitative estimate of drug-likeness (QED) is 0.469. The summed E-state index contributed by atoms with van der Waals surface area (Å²) in [5.41, 5.74) is 8.31. The first kappa shape index (κ1) is 21.6. The van der Waals surface area contributed by atoms with Crippen molar-refractivity contribution in [2.24, 2.45) is 0 Å². The van der Waals surface area contributed by atoms with Gasteiger partial charge in [0.1, 0.15) is 11.6 Å². The van der Waals surface area contributed by atoms with Crippen LogP contribution in [0.25, 0.3) is 17.0 Å². The Kier molecular flexibility index (Phi) is 5.64. The molecule has 0 atom stereocenters. The van der Waals surface area contributed by atoms with Gasteiger partial charge in [-0.25, -0.2) is 9.37 Å². The SMILES string of the molecule is COC1(Cc2ccc(Cl)cc2)CCN(c2cc3nc(-c4cccc(F)c4)nn3c(N)n2)CC1. The van der Waals surface area contributed by atoms with Crippen molar-refractivity contribution in [3.8, 4) is 11.4 Å². The molecule has 9 heteroatoms. The van der Waals surface area contributed by atoms with Crippen LogP contribution in [-0.4, -0.2) is 45.4 Å².